The molecule has 2 nitrogen and oxygen atoms in total. The average molecular weight is 238 g/mol. The molecule has 3 heteroatoms. The number of aromatic nitrogens is 1. The van der Waals surface area contributed by atoms with Gasteiger partial charge < -0.3 is 0 Å². The minimum Gasteiger partial charge on any atom is -0.292 e. The van der Waals surface area contributed by atoms with Crippen molar-refractivity contribution in [1.82, 2.24) is 4.98 Å². The maximum atomic E-state index is 12.2. The van der Waals surface area contributed by atoms with Crippen LogP contribution in [-0.2, 0) is 0 Å². The molecule has 0 radical (unpaired) electrons. The number of Topliss-reactive ketones (excluding diaryl/α,β-unsaturated/α-hetero) is 1. The number of hydrogen-bond donors (Lipinski definition) is 0. The summed E-state index contributed by atoms with van der Waals surface area (Å²) in [4.78, 5) is 16.3. The van der Waals surface area contributed by atoms with Crippen LogP contribution in [0.25, 0.3) is 0 Å². The maximum absolute atomic E-state index is 12.2. The number of hydrogen-bond acceptors (Lipinski definition) is 2. The Morgan fingerprint density at radius 1 is 1.62 bits per heavy atom. The lowest BCUT2D eigenvalue weighted by Gasteiger charge is -2.22. The number of carbonyl (C=O) groups is 1. The van der Waals surface area contributed by atoms with Crippen LogP contribution in [0.4, 0.5) is 0 Å². The topological polar surface area (TPSA) is 30.0 Å². The van der Waals surface area contributed by atoms with Crippen molar-refractivity contribution in [2.45, 2.75) is 26.7 Å². The minimum absolute atomic E-state index is 0.0139. The van der Waals surface area contributed by atoms with E-state index in [-0.39, 0.29) is 5.78 Å². The third-order valence-electron chi connectivity index (χ3n) is 2.56. The summed E-state index contributed by atoms with van der Waals surface area (Å²) in [6.45, 7) is 7.47. The van der Waals surface area contributed by atoms with Crippen LogP contribution in [0.3, 0.4) is 0 Å². The van der Waals surface area contributed by atoms with Crippen LogP contribution in [0.5, 0.6) is 0 Å². The Morgan fingerprint density at radius 3 is 2.88 bits per heavy atom. The van der Waals surface area contributed by atoms with Crippen molar-refractivity contribution >= 4 is 17.4 Å². The van der Waals surface area contributed by atoms with E-state index in [1.807, 2.05) is 19.9 Å². The maximum Gasteiger partial charge on any atom is 0.188 e. The summed E-state index contributed by atoms with van der Waals surface area (Å²) in [5, 5.41) is 0.416. The largest absolute Gasteiger partial charge is 0.292 e. The van der Waals surface area contributed by atoms with E-state index in [0.717, 1.165) is 12.8 Å². The fourth-order valence-corrected chi connectivity index (χ4v) is 1.66. The van der Waals surface area contributed by atoms with E-state index in [2.05, 4.69) is 11.6 Å². The van der Waals surface area contributed by atoms with Crippen LogP contribution in [0.15, 0.2) is 31.0 Å². The molecule has 0 spiro atoms. The Labute approximate surface area is 101 Å². The predicted molar refractivity (Wildman–Crippen MR) is 66.8 cm³/mol. The average Bonchev–Trinajstić information content (AvgIpc) is 2.26. The molecule has 0 amide bonds. The summed E-state index contributed by atoms with van der Waals surface area (Å²) in [6.07, 6.45) is 4.96. The molecule has 0 saturated heterocycles. The monoisotopic (exact) mass is 237 g/mol. The second-order valence-corrected chi connectivity index (χ2v) is 4.78. The molecule has 1 aromatic rings. The van der Waals surface area contributed by atoms with E-state index in [1.54, 1.807) is 18.3 Å². The number of ketones is 1. The van der Waals surface area contributed by atoms with E-state index in [1.165, 1.54) is 0 Å². The van der Waals surface area contributed by atoms with Gasteiger partial charge in [0.25, 0.3) is 0 Å². The lowest BCUT2D eigenvalue weighted by Crippen LogP contribution is -2.25. The highest BCUT2D eigenvalue weighted by Crippen LogP contribution is 2.29. The molecule has 16 heavy (non-hydrogen) atoms. The van der Waals surface area contributed by atoms with Gasteiger partial charge in [-0.05, 0) is 25.0 Å². The molecule has 0 aliphatic carbocycles. The minimum atomic E-state index is -0.452. The quantitative estimate of drug-likeness (QED) is 0.574. The van der Waals surface area contributed by atoms with Gasteiger partial charge in [-0.3, -0.25) is 9.78 Å². The summed E-state index contributed by atoms with van der Waals surface area (Å²) in [6, 6.07) is 3.40. The van der Waals surface area contributed by atoms with Gasteiger partial charge in [0.15, 0.2) is 5.78 Å². The first-order valence-corrected chi connectivity index (χ1v) is 5.63. The highest BCUT2D eigenvalue weighted by molar-refractivity contribution is 6.33. The second kappa shape index (κ2) is 5.26. The van der Waals surface area contributed by atoms with Gasteiger partial charge in [0, 0.05) is 11.6 Å². The smallest absolute Gasteiger partial charge is 0.188 e. The number of pyridine rings is 1. The van der Waals surface area contributed by atoms with Gasteiger partial charge in [-0.25, -0.2) is 0 Å². The lowest BCUT2D eigenvalue weighted by molar-refractivity contribution is 0.0822. The highest BCUT2D eigenvalue weighted by Gasteiger charge is 2.30. The van der Waals surface area contributed by atoms with E-state index in [9.17, 15) is 4.79 Å². The van der Waals surface area contributed by atoms with Gasteiger partial charge in [-0.1, -0.05) is 31.5 Å². The van der Waals surface area contributed by atoms with E-state index < -0.39 is 5.41 Å². The second-order valence-electron chi connectivity index (χ2n) is 4.37. The standard InChI is InChI=1S/C13H16ClNO/c1-4-5-8-13(2,3)12(16)11-10(14)7-6-9-15-11/h4,6-7,9H,1,5,8H2,2-3H3. The van der Waals surface area contributed by atoms with Gasteiger partial charge in [-0.15, -0.1) is 6.58 Å². The van der Waals surface area contributed by atoms with Gasteiger partial charge in [0.2, 0.25) is 0 Å². The normalized spacial score (nSPS) is 11.2. The summed E-state index contributed by atoms with van der Waals surface area (Å²) >= 11 is 5.96. The molecule has 0 aromatic carbocycles. The van der Waals surface area contributed by atoms with Crippen molar-refractivity contribution in [1.29, 1.82) is 0 Å². The van der Waals surface area contributed by atoms with Crippen molar-refractivity contribution in [3.05, 3.63) is 41.7 Å². The molecule has 0 aliphatic heterocycles. The Hall–Kier alpha value is -1.15. The molecule has 0 bridgehead atoms. The molecule has 1 heterocycles. The Balaban J connectivity index is 2.93. The fourth-order valence-electron chi connectivity index (χ4n) is 1.45. The molecule has 0 fully saturated rings. The predicted octanol–water partition coefficient (Wildman–Crippen LogP) is 3.91. The molecule has 1 rings (SSSR count). The molecule has 1 aromatic heterocycles. The summed E-state index contributed by atoms with van der Waals surface area (Å²) in [5.41, 5.74) is -0.0927. The number of carbonyl (C=O) groups excluding carboxylic acids is 1. The Kier molecular flexibility index (Phi) is 4.25. The zero-order chi connectivity index (χ0) is 12.2. The summed E-state index contributed by atoms with van der Waals surface area (Å²) < 4.78 is 0. The molecule has 0 unspecified atom stereocenters. The zero-order valence-corrected chi connectivity index (χ0v) is 10.4. The Bertz CT molecular complexity index is 399. The number of nitrogens with zero attached hydrogens (tertiary/aromatic N) is 1. The molecule has 86 valence electrons. The lowest BCUT2D eigenvalue weighted by atomic mass is 9.82. The van der Waals surface area contributed by atoms with Gasteiger partial charge in [0.1, 0.15) is 5.69 Å². The van der Waals surface area contributed by atoms with Crippen LogP contribution >= 0.6 is 11.6 Å². The summed E-state index contributed by atoms with van der Waals surface area (Å²) in [7, 11) is 0. The molecule has 0 aliphatic rings. The van der Waals surface area contributed by atoms with Gasteiger partial charge >= 0.3 is 0 Å². The molecule has 0 atom stereocenters. The SMILES string of the molecule is C=CCCC(C)(C)C(=O)c1ncccc1Cl. The number of allylic oxidation sites excluding steroid dienone is 1. The highest BCUT2D eigenvalue weighted by atomic mass is 35.5. The van der Waals surface area contributed by atoms with Crippen molar-refractivity contribution in [2.75, 3.05) is 0 Å². The van der Waals surface area contributed by atoms with Crippen molar-refractivity contribution in [2.24, 2.45) is 5.41 Å². The van der Waals surface area contributed by atoms with Crippen LogP contribution in [0.1, 0.15) is 37.2 Å². The molecular weight excluding hydrogens is 222 g/mol. The van der Waals surface area contributed by atoms with Crippen molar-refractivity contribution in [3.63, 3.8) is 0 Å². The van der Waals surface area contributed by atoms with Crippen molar-refractivity contribution < 1.29 is 4.79 Å². The third-order valence-corrected chi connectivity index (χ3v) is 2.87. The fraction of sp³-hybridized carbons (Fsp3) is 0.385. The van der Waals surface area contributed by atoms with Crippen LogP contribution in [-0.4, -0.2) is 10.8 Å². The van der Waals surface area contributed by atoms with Crippen LogP contribution in [0, 0.1) is 5.41 Å². The molecular formula is C13H16ClNO. The first-order chi connectivity index (χ1) is 7.49. The third kappa shape index (κ3) is 2.92. The molecule has 0 saturated carbocycles. The number of halogens is 1. The first kappa shape index (κ1) is 12.9. The molecule has 0 N–H and O–H groups in total. The van der Waals surface area contributed by atoms with E-state index in [4.69, 9.17) is 11.6 Å². The Morgan fingerprint density at radius 2 is 2.31 bits per heavy atom. The number of rotatable bonds is 5. The van der Waals surface area contributed by atoms with E-state index in [0.29, 0.717) is 10.7 Å². The first-order valence-electron chi connectivity index (χ1n) is 5.25. The van der Waals surface area contributed by atoms with Crippen molar-refractivity contribution in [3.8, 4) is 0 Å². The van der Waals surface area contributed by atoms with Gasteiger partial charge in [0.05, 0.1) is 5.02 Å². The van der Waals surface area contributed by atoms with Crippen LogP contribution in [0.2, 0.25) is 5.02 Å². The van der Waals surface area contributed by atoms with E-state index >= 15 is 0 Å². The summed E-state index contributed by atoms with van der Waals surface area (Å²) in [5.74, 6) is -0.0139. The van der Waals surface area contributed by atoms with Crippen LogP contribution < -0.4 is 0 Å². The van der Waals surface area contributed by atoms with Gasteiger partial charge in [-0.2, -0.15) is 0 Å². The zero-order valence-electron chi connectivity index (χ0n) is 9.66.